The van der Waals surface area contributed by atoms with Gasteiger partial charge in [-0.05, 0) is 63.4 Å². The lowest BCUT2D eigenvalue weighted by Gasteiger charge is -2.21. The molecule has 0 aliphatic carbocycles. The first-order valence-electron chi connectivity index (χ1n) is 10.3. The van der Waals surface area contributed by atoms with E-state index >= 15 is 0 Å². The average molecular weight is 444 g/mol. The van der Waals surface area contributed by atoms with Crippen LogP contribution in [0.1, 0.15) is 59.9 Å². The number of benzene rings is 2. The zero-order valence-electron chi connectivity index (χ0n) is 18.1. The molecule has 2 aromatic carbocycles. The summed E-state index contributed by atoms with van der Waals surface area (Å²) in [6.07, 6.45) is 1.79. The van der Waals surface area contributed by atoms with Gasteiger partial charge in [0.2, 0.25) is 10.0 Å². The van der Waals surface area contributed by atoms with Crippen molar-refractivity contribution in [1.29, 1.82) is 0 Å². The van der Waals surface area contributed by atoms with Crippen LogP contribution < -0.4 is 10.6 Å². The molecule has 2 N–H and O–H groups in total. The summed E-state index contributed by atoms with van der Waals surface area (Å²) in [7, 11) is -3.34. The van der Waals surface area contributed by atoms with Crippen molar-refractivity contribution in [1.82, 2.24) is 9.62 Å². The Morgan fingerprint density at radius 3 is 2.16 bits per heavy atom. The van der Waals surface area contributed by atoms with Crippen LogP contribution in [0.2, 0.25) is 0 Å². The number of amides is 2. The number of nitrogens with one attached hydrogen (secondary N) is 2. The van der Waals surface area contributed by atoms with Gasteiger partial charge < -0.3 is 10.6 Å². The monoisotopic (exact) mass is 443 g/mol. The van der Waals surface area contributed by atoms with Crippen LogP contribution in [0, 0.1) is 0 Å². The quantitative estimate of drug-likeness (QED) is 0.715. The lowest BCUT2D eigenvalue weighted by molar-refractivity contribution is 0.0920. The summed E-state index contributed by atoms with van der Waals surface area (Å²) in [6, 6.07) is 13.3. The summed E-state index contributed by atoms with van der Waals surface area (Å²) < 4.78 is 26.5. The molecule has 1 fully saturated rings. The highest BCUT2D eigenvalue weighted by atomic mass is 32.2. The fourth-order valence-electron chi connectivity index (χ4n) is 3.41. The van der Waals surface area contributed by atoms with Gasteiger partial charge in [-0.25, -0.2) is 12.7 Å². The molecule has 1 heterocycles. The van der Waals surface area contributed by atoms with E-state index in [0.29, 0.717) is 35.5 Å². The molecule has 7 nitrogen and oxygen atoms in total. The summed E-state index contributed by atoms with van der Waals surface area (Å²) in [5, 5.41) is 5.67. The second kappa shape index (κ2) is 9.20. The van der Waals surface area contributed by atoms with Crippen molar-refractivity contribution < 1.29 is 18.0 Å². The van der Waals surface area contributed by atoms with Crippen molar-refractivity contribution in [2.45, 2.75) is 44.9 Å². The minimum absolute atomic E-state index is 0.0787. The third-order valence-electron chi connectivity index (χ3n) is 4.93. The van der Waals surface area contributed by atoms with Crippen molar-refractivity contribution in [3.05, 3.63) is 65.2 Å². The summed E-state index contributed by atoms with van der Waals surface area (Å²) in [5.41, 5.74) is 1.40. The number of carbonyl (C=O) groups is 2. The molecule has 3 rings (SSSR count). The summed E-state index contributed by atoms with van der Waals surface area (Å²) in [6.45, 7) is 6.81. The molecule has 0 radical (unpaired) electrons. The number of anilines is 1. The van der Waals surface area contributed by atoms with Gasteiger partial charge in [-0.2, -0.15) is 0 Å². The van der Waals surface area contributed by atoms with E-state index in [1.807, 2.05) is 20.8 Å². The van der Waals surface area contributed by atoms with Crippen molar-refractivity contribution in [3.63, 3.8) is 0 Å². The van der Waals surface area contributed by atoms with Gasteiger partial charge in [0.15, 0.2) is 0 Å². The second-order valence-electron chi connectivity index (χ2n) is 8.76. The Bertz CT molecular complexity index is 1050. The molecule has 2 aromatic rings. The van der Waals surface area contributed by atoms with Gasteiger partial charge in [-0.1, -0.05) is 24.3 Å². The van der Waals surface area contributed by atoms with Crippen LogP contribution in [-0.2, 0) is 15.8 Å². The molecule has 0 unspecified atom stereocenters. The van der Waals surface area contributed by atoms with Crippen LogP contribution in [0.15, 0.2) is 48.5 Å². The largest absolute Gasteiger partial charge is 0.347 e. The van der Waals surface area contributed by atoms with E-state index in [-0.39, 0.29) is 17.6 Å². The maximum absolute atomic E-state index is 12.7. The molecule has 166 valence electrons. The first kappa shape index (κ1) is 23.0. The zero-order valence-corrected chi connectivity index (χ0v) is 19.0. The molecule has 2 amide bonds. The van der Waals surface area contributed by atoms with Gasteiger partial charge in [0.05, 0.1) is 17.0 Å². The summed E-state index contributed by atoms with van der Waals surface area (Å²) in [4.78, 5) is 25.3. The lowest BCUT2D eigenvalue weighted by atomic mass is 10.1. The van der Waals surface area contributed by atoms with Crippen LogP contribution in [0.3, 0.4) is 0 Å². The number of hydrogen-bond acceptors (Lipinski definition) is 4. The van der Waals surface area contributed by atoms with Gasteiger partial charge in [-0.15, -0.1) is 0 Å². The van der Waals surface area contributed by atoms with Gasteiger partial charge in [0.25, 0.3) is 11.8 Å². The molecule has 0 atom stereocenters. The Labute approximate surface area is 183 Å². The Balaban J connectivity index is 1.70. The number of rotatable bonds is 6. The maximum atomic E-state index is 12.7. The Morgan fingerprint density at radius 1 is 0.935 bits per heavy atom. The van der Waals surface area contributed by atoms with Crippen LogP contribution in [-0.4, -0.2) is 43.2 Å². The van der Waals surface area contributed by atoms with E-state index < -0.39 is 15.6 Å². The van der Waals surface area contributed by atoms with Gasteiger partial charge in [0, 0.05) is 24.2 Å². The van der Waals surface area contributed by atoms with Gasteiger partial charge >= 0.3 is 0 Å². The molecule has 31 heavy (non-hydrogen) atoms. The molecule has 1 aliphatic rings. The Hall–Kier alpha value is -2.71. The summed E-state index contributed by atoms with van der Waals surface area (Å²) >= 11 is 0. The molecule has 8 heteroatoms. The van der Waals surface area contributed by atoms with E-state index in [2.05, 4.69) is 10.6 Å². The third kappa shape index (κ3) is 6.15. The molecule has 0 bridgehead atoms. The van der Waals surface area contributed by atoms with E-state index in [0.717, 1.165) is 12.8 Å². The van der Waals surface area contributed by atoms with Crippen LogP contribution >= 0.6 is 0 Å². The standard InChI is InChI=1S/C23H29N3O4S/c1-23(2,3)25-22(28)19-8-4-5-9-20(19)24-21(27)18-12-10-17(11-13-18)16-31(29,30)26-14-6-7-15-26/h4-5,8-13H,6-7,14-16H2,1-3H3,(H,24,27)(H,25,28). The maximum Gasteiger partial charge on any atom is 0.255 e. The first-order chi connectivity index (χ1) is 14.5. The predicted octanol–water partition coefficient (Wildman–Crippen LogP) is 3.39. The highest BCUT2D eigenvalue weighted by Crippen LogP contribution is 2.20. The molecular weight excluding hydrogens is 414 g/mol. The lowest BCUT2D eigenvalue weighted by Crippen LogP contribution is -2.40. The number of carbonyl (C=O) groups excluding carboxylic acids is 2. The molecule has 1 saturated heterocycles. The van der Waals surface area contributed by atoms with Crippen molar-refractivity contribution in [2.24, 2.45) is 0 Å². The molecular formula is C23H29N3O4S. The fraction of sp³-hybridized carbons (Fsp3) is 0.391. The second-order valence-corrected chi connectivity index (χ2v) is 10.7. The minimum atomic E-state index is -3.34. The van der Waals surface area contributed by atoms with E-state index in [1.54, 1.807) is 48.5 Å². The molecule has 0 saturated carbocycles. The van der Waals surface area contributed by atoms with E-state index in [4.69, 9.17) is 0 Å². The van der Waals surface area contributed by atoms with Crippen molar-refractivity contribution in [3.8, 4) is 0 Å². The van der Waals surface area contributed by atoms with E-state index in [1.165, 1.54) is 4.31 Å². The highest BCUT2D eigenvalue weighted by molar-refractivity contribution is 7.88. The minimum Gasteiger partial charge on any atom is -0.347 e. The smallest absolute Gasteiger partial charge is 0.255 e. The van der Waals surface area contributed by atoms with E-state index in [9.17, 15) is 18.0 Å². The van der Waals surface area contributed by atoms with Crippen molar-refractivity contribution in [2.75, 3.05) is 18.4 Å². The molecule has 1 aliphatic heterocycles. The first-order valence-corrected chi connectivity index (χ1v) is 12.0. The van der Waals surface area contributed by atoms with Gasteiger partial charge in [-0.3, -0.25) is 9.59 Å². The molecule has 0 spiro atoms. The fourth-order valence-corrected chi connectivity index (χ4v) is 5.02. The summed E-state index contributed by atoms with van der Waals surface area (Å²) in [5.74, 6) is -0.721. The SMILES string of the molecule is CC(C)(C)NC(=O)c1ccccc1NC(=O)c1ccc(CS(=O)(=O)N2CCCC2)cc1. The van der Waals surface area contributed by atoms with Crippen LogP contribution in [0.25, 0.3) is 0 Å². The normalized spacial score (nSPS) is 14.9. The van der Waals surface area contributed by atoms with Crippen LogP contribution in [0.5, 0.6) is 0 Å². The van der Waals surface area contributed by atoms with Gasteiger partial charge in [0.1, 0.15) is 0 Å². The zero-order chi connectivity index (χ0) is 22.6. The molecule has 0 aromatic heterocycles. The Morgan fingerprint density at radius 2 is 1.55 bits per heavy atom. The van der Waals surface area contributed by atoms with Crippen LogP contribution in [0.4, 0.5) is 5.69 Å². The third-order valence-corrected chi connectivity index (χ3v) is 6.78. The number of nitrogens with zero attached hydrogens (tertiary/aromatic N) is 1. The number of hydrogen-bond donors (Lipinski definition) is 2. The van der Waals surface area contributed by atoms with Crippen molar-refractivity contribution >= 4 is 27.5 Å². The average Bonchev–Trinajstić information content (AvgIpc) is 3.23. The highest BCUT2D eigenvalue weighted by Gasteiger charge is 2.25. The Kier molecular flexibility index (Phi) is 6.81. The predicted molar refractivity (Wildman–Crippen MR) is 121 cm³/mol. The number of para-hydroxylation sites is 1. The number of sulfonamides is 1. The topological polar surface area (TPSA) is 95.6 Å².